The van der Waals surface area contributed by atoms with Crippen LogP contribution in [0.5, 0.6) is 5.75 Å². The third-order valence-electron chi connectivity index (χ3n) is 2.46. The van der Waals surface area contributed by atoms with Gasteiger partial charge in [0.25, 0.3) is 0 Å². The Morgan fingerprint density at radius 1 is 0.875 bits per heavy atom. The molecule has 1 aromatic rings. The first-order valence-electron chi connectivity index (χ1n) is 8.82. The summed E-state index contributed by atoms with van der Waals surface area (Å²) in [4.78, 5) is 10.6. The fourth-order valence-corrected chi connectivity index (χ4v) is 1.50. The Bertz CT molecular complexity index is 379. The van der Waals surface area contributed by atoms with Crippen molar-refractivity contribution in [3.8, 4) is 5.75 Å². The highest BCUT2D eigenvalue weighted by Crippen LogP contribution is 2.13. The highest BCUT2D eigenvalue weighted by Gasteiger charge is 1.95. The van der Waals surface area contributed by atoms with E-state index in [4.69, 9.17) is 19.9 Å². The molecule has 0 atom stereocenters. The van der Waals surface area contributed by atoms with Crippen molar-refractivity contribution >= 4 is 11.5 Å². The number of anilines is 1. The van der Waals surface area contributed by atoms with Gasteiger partial charge in [0.15, 0.2) is 5.78 Å². The molecule has 0 saturated carbocycles. The number of hydrogen-bond donors (Lipinski definition) is 1. The van der Waals surface area contributed by atoms with Crippen molar-refractivity contribution in [2.75, 3.05) is 38.8 Å². The number of Topliss-reactive ketones (excluding diaryl/α,β-unsaturated/α-hetero) is 1. The van der Waals surface area contributed by atoms with Crippen molar-refractivity contribution < 1.29 is 19.0 Å². The van der Waals surface area contributed by atoms with Crippen molar-refractivity contribution in [2.24, 2.45) is 0 Å². The first-order chi connectivity index (χ1) is 11.7. The molecule has 1 rings (SSSR count). The van der Waals surface area contributed by atoms with Crippen LogP contribution in [0.3, 0.4) is 0 Å². The Morgan fingerprint density at radius 3 is 1.92 bits per heavy atom. The number of rotatable bonds is 11. The third kappa shape index (κ3) is 16.8. The molecule has 2 N–H and O–H groups in total. The van der Waals surface area contributed by atoms with Gasteiger partial charge in [-0.15, -0.1) is 0 Å². The van der Waals surface area contributed by atoms with Gasteiger partial charge < -0.3 is 19.9 Å². The van der Waals surface area contributed by atoms with E-state index in [1.807, 2.05) is 52.0 Å². The van der Waals surface area contributed by atoms with Gasteiger partial charge in [-0.25, -0.2) is 0 Å². The summed E-state index contributed by atoms with van der Waals surface area (Å²) >= 11 is 0. The summed E-state index contributed by atoms with van der Waals surface area (Å²) < 4.78 is 16.1. The molecule has 0 aliphatic rings. The molecule has 0 aromatic heterocycles. The molecule has 0 saturated heterocycles. The van der Waals surface area contributed by atoms with E-state index in [-0.39, 0.29) is 12.4 Å². The van der Waals surface area contributed by atoms with Crippen LogP contribution in [0.4, 0.5) is 5.69 Å². The second kappa shape index (κ2) is 19.5. The topological polar surface area (TPSA) is 70.8 Å². The summed E-state index contributed by atoms with van der Waals surface area (Å²) in [6.45, 7) is 12.2. The van der Waals surface area contributed by atoms with E-state index in [0.29, 0.717) is 26.4 Å². The first-order valence-corrected chi connectivity index (χ1v) is 8.82. The van der Waals surface area contributed by atoms with Crippen LogP contribution in [0.1, 0.15) is 47.5 Å². The largest absolute Gasteiger partial charge is 0.494 e. The van der Waals surface area contributed by atoms with Crippen LogP contribution < -0.4 is 10.5 Å². The average Bonchev–Trinajstić information content (AvgIpc) is 2.61. The van der Waals surface area contributed by atoms with Gasteiger partial charge in [0.2, 0.25) is 0 Å². The van der Waals surface area contributed by atoms with Crippen LogP contribution in [-0.4, -0.2) is 38.8 Å². The predicted molar refractivity (Wildman–Crippen MR) is 101 cm³/mol. The summed E-state index contributed by atoms with van der Waals surface area (Å²) in [5.41, 5.74) is 6.31. The van der Waals surface area contributed by atoms with Crippen molar-refractivity contribution in [3.05, 3.63) is 24.3 Å². The fraction of sp³-hybridized carbons (Fsp3) is 0.632. The lowest BCUT2D eigenvalue weighted by Gasteiger charge is -2.07. The quantitative estimate of drug-likeness (QED) is 0.484. The molecule has 0 radical (unpaired) electrons. The van der Waals surface area contributed by atoms with Crippen LogP contribution in [0.25, 0.3) is 0 Å². The van der Waals surface area contributed by atoms with Gasteiger partial charge in [-0.05, 0) is 37.6 Å². The van der Waals surface area contributed by atoms with E-state index in [1.54, 1.807) is 0 Å². The van der Waals surface area contributed by atoms with Gasteiger partial charge >= 0.3 is 0 Å². The number of ketones is 1. The van der Waals surface area contributed by atoms with Crippen LogP contribution >= 0.6 is 0 Å². The molecule has 0 spiro atoms. The van der Waals surface area contributed by atoms with Crippen LogP contribution in [0.15, 0.2) is 24.3 Å². The molecule has 0 heterocycles. The predicted octanol–water partition coefficient (Wildman–Crippen LogP) is 4.10. The molecular formula is C19H35NO4. The van der Waals surface area contributed by atoms with E-state index >= 15 is 0 Å². The number of nitrogens with two attached hydrogens (primary N) is 1. The van der Waals surface area contributed by atoms with Crippen molar-refractivity contribution in [1.82, 2.24) is 0 Å². The lowest BCUT2D eigenvalue weighted by molar-refractivity contribution is -0.121. The van der Waals surface area contributed by atoms with Gasteiger partial charge in [0.05, 0.1) is 6.61 Å². The second-order valence-corrected chi connectivity index (χ2v) is 4.49. The summed E-state index contributed by atoms with van der Waals surface area (Å²) in [6.07, 6.45) is 1.63. The first kappa shape index (κ1) is 24.7. The number of nitrogen functional groups attached to an aromatic ring is 1. The summed E-state index contributed by atoms with van der Waals surface area (Å²) in [5, 5.41) is 0. The lowest BCUT2D eigenvalue weighted by Crippen LogP contribution is -2.08. The van der Waals surface area contributed by atoms with E-state index < -0.39 is 0 Å². The maximum Gasteiger partial charge on any atom is 0.155 e. The number of benzene rings is 1. The van der Waals surface area contributed by atoms with Crippen molar-refractivity contribution in [3.63, 3.8) is 0 Å². The Kier molecular flexibility index (Phi) is 20.0. The zero-order valence-electron chi connectivity index (χ0n) is 16.0. The maximum atomic E-state index is 10.6. The monoisotopic (exact) mass is 341 g/mol. The number of hydrogen-bond acceptors (Lipinski definition) is 5. The molecule has 0 bridgehead atoms. The maximum absolute atomic E-state index is 10.6. The number of ether oxygens (including phenoxy) is 3. The molecule has 0 unspecified atom stereocenters. The van der Waals surface area contributed by atoms with Gasteiger partial charge in [-0.3, -0.25) is 4.79 Å². The zero-order valence-corrected chi connectivity index (χ0v) is 16.0. The smallest absolute Gasteiger partial charge is 0.155 e. The fourth-order valence-electron chi connectivity index (χ4n) is 1.50. The van der Waals surface area contributed by atoms with Crippen molar-refractivity contribution in [2.45, 2.75) is 47.5 Å². The molecule has 1 aromatic carbocycles. The Hall–Kier alpha value is -1.59. The zero-order chi connectivity index (χ0) is 18.6. The molecule has 5 nitrogen and oxygen atoms in total. The van der Waals surface area contributed by atoms with Gasteiger partial charge in [0, 0.05) is 31.9 Å². The lowest BCUT2D eigenvalue weighted by atomic mass is 10.3. The molecule has 140 valence electrons. The molecule has 0 amide bonds. The SMILES string of the molecule is CC.CC.CC(=O)COCCCOCCCOc1ccc(N)cc1. The minimum absolute atomic E-state index is 0.0470. The highest BCUT2D eigenvalue weighted by molar-refractivity contribution is 5.76. The van der Waals surface area contributed by atoms with E-state index in [2.05, 4.69) is 0 Å². The van der Waals surface area contributed by atoms with Gasteiger partial charge in [0.1, 0.15) is 12.4 Å². The Morgan fingerprint density at radius 2 is 1.38 bits per heavy atom. The van der Waals surface area contributed by atoms with E-state index in [1.165, 1.54) is 6.92 Å². The molecule has 24 heavy (non-hydrogen) atoms. The Balaban J connectivity index is 0. The Labute approximate surface area is 147 Å². The second-order valence-electron chi connectivity index (χ2n) is 4.49. The third-order valence-corrected chi connectivity index (χ3v) is 2.46. The van der Waals surface area contributed by atoms with E-state index in [0.717, 1.165) is 24.3 Å². The average molecular weight is 341 g/mol. The minimum atomic E-state index is 0.0470. The van der Waals surface area contributed by atoms with Crippen LogP contribution in [-0.2, 0) is 14.3 Å². The number of carbonyl (C=O) groups is 1. The van der Waals surface area contributed by atoms with Gasteiger partial charge in [-0.2, -0.15) is 0 Å². The molecular weight excluding hydrogens is 306 g/mol. The molecule has 0 aliphatic heterocycles. The summed E-state index contributed by atoms with van der Waals surface area (Å²) in [6, 6.07) is 7.32. The minimum Gasteiger partial charge on any atom is -0.494 e. The summed E-state index contributed by atoms with van der Waals surface area (Å²) in [5.74, 6) is 0.863. The molecule has 5 heteroatoms. The molecule has 0 fully saturated rings. The normalized spacial score (nSPS) is 9.21. The van der Waals surface area contributed by atoms with E-state index in [9.17, 15) is 4.79 Å². The number of carbonyl (C=O) groups excluding carboxylic acids is 1. The van der Waals surface area contributed by atoms with Gasteiger partial charge in [-0.1, -0.05) is 27.7 Å². The summed E-state index contributed by atoms with van der Waals surface area (Å²) in [7, 11) is 0. The highest BCUT2D eigenvalue weighted by atomic mass is 16.5. The van der Waals surface area contributed by atoms with Crippen LogP contribution in [0, 0.1) is 0 Å². The van der Waals surface area contributed by atoms with Crippen LogP contribution in [0.2, 0.25) is 0 Å². The standard InChI is InChI=1S/C15H23NO4.2C2H6/c1-13(17)12-19-10-2-8-18-9-3-11-20-15-6-4-14(16)5-7-15;2*1-2/h4-7H,2-3,8-12,16H2,1H3;2*1-2H3. The molecule has 0 aliphatic carbocycles. The van der Waals surface area contributed by atoms with Crippen molar-refractivity contribution in [1.29, 1.82) is 0 Å².